The molecule has 2 nitrogen and oxygen atoms in total. The van der Waals surface area contributed by atoms with Crippen LogP contribution >= 0.6 is 0 Å². The van der Waals surface area contributed by atoms with E-state index in [1.54, 1.807) is 0 Å². The molecule has 0 amide bonds. The van der Waals surface area contributed by atoms with Gasteiger partial charge in [0.15, 0.2) is 6.29 Å². The maximum absolute atomic E-state index is 9.73. The minimum Gasteiger partial charge on any atom is -0.380 e. The van der Waals surface area contributed by atoms with E-state index in [1.807, 2.05) is 0 Å². The van der Waals surface area contributed by atoms with Gasteiger partial charge in [-0.15, -0.1) is 0 Å². The highest BCUT2D eigenvalue weighted by molar-refractivity contribution is 5.72. The third kappa shape index (κ3) is 9.19. The van der Waals surface area contributed by atoms with E-state index in [0.29, 0.717) is 19.3 Å². The molecule has 0 heterocycles. The molecule has 0 spiro atoms. The number of ether oxygens (including phenoxy) is 1. The maximum Gasteiger partial charge on any atom is 0.192 e. The first-order valence-corrected chi connectivity index (χ1v) is 3.91. The molecule has 0 aliphatic carbocycles. The molecule has 0 radical (unpaired) electrons. The van der Waals surface area contributed by atoms with E-state index in [9.17, 15) is 4.79 Å². The van der Waals surface area contributed by atoms with Gasteiger partial charge >= 0.3 is 0 Å². The molecule has 0 unspecified atom stereocenters. The van der Waals surface area contributed by atoms with Crippen molar-refractivity contribution in [3.8, 4) is 11.8 Å². The smallest absolute Gasteiger partial charge is 0.192 e. The third-order valence-electron chi connectivity index (χ3n) is 1.17. The molecule has 0 aromatic carbocycles. The monoisotopic (exact) mass is 154 g/mol. The summed E-state index contributed by atoms with van der Waals surface area (Å²) in [5.74, 6) is 5.00. The zero-order valence-corrected chi connectivity index (χ0v) is 6.93. The van der Waals surface area contributed by atoms with E-state index in [1.165, 1.54) is 0 Å². The molecule has 2 heteroatoms. The Labute approximate surface area is 67.9 Å². The molecule has 0 rings (SSSR count). The average molecular weight is 154 g/mol. The fourth-order valence-electron chi connectivity index (χ4n) is 0.585. The molecule has 11 heavy (non-hydrogen) atoms. The zero-order valence-electron chi connectivity index (χ0n) is 6.93. The molecule has 0 saturated carbocycles. The molecule has 0 N–H and O–H groups in total. The second-order valence-electron chi connectivity index (χ2n) is 2.15. The minimum atomic E-state index is 0.603. The summed E-state index contributed by atoms with van der Waals surface area (Å²) in [4.78, 5) is 9.73. The molecule has 62 valence electrons. The van der Waals surface area contributed by atoms with Gasteiger partial charge in [-0.2, -0.15) is 0 Å². The highest BCUT2D eigenvalue weighted by Crippen LogP contribution is 1.88. The van der Waals surface area contributed by atoms with Gasteiger partial charge in [-0.1, -0.05) is 19.3 Å². The molecule has 0 aliphatic heterocycles. The Morgan fingerprint density at radius 3 is 2.91 bits per heavy atom. The van der Waals surface area contributed by atoms with Gasteiger partial charge in [-0.25, -0.2) is 0 Å². The van der Waals surface area contributed by atoms with Crippen molar-refractivity contribution in [2.75, 3.05) is 13.2 Å². The summed E-state index contributed by atoms with van der Waals surface area (Å²) in [5.41, 5.74) is 0. The average Bonchev–Trinajstić information content (AvgIpc) is 2.03. The molecule has 0 bridgehead atoms. The van der Waals surface area contributed by atoms with Crippen LogP contribution in [0.15, 0.2) is 0 Å². The minimum absolute atomic E-state index is 0.603. The molecule has 0 aliphatic rings. The second kappa shape index (κ2) is 9.19. The van der Waals surface area contributed by atoms with Crippen molar-refractivity contribution in [3.63, 3.8) is 0 Å². The van der Waals surface area contributed by atoms with Crippen molar-refractivity contribution in [2.45, 2.75) is 26.2 Å². The van der Waals surface area contributed by atoms with Gasteiger partial charge in [0.2, 0.25) is 0 Å². The fourth-order valence-corrected chi connectivity index (χ4v) is 0.585. The van der Waals surface area contributed by atoms with Crippen LogP contribution in [0.4, 0.5) is 0 Å². The van der Waals surface area contributed by atoms with Crippen LogP contribution in [0.5, 0.6) is 0 Å². The Morgan fingerprint density at radius 2 is 2.27 bits per heavy atom. The lowest BCUT2D eigenvalue weighted by Crippen LogP contribution is -1.94. The summed E-state index contributed by atoms with van der Waals surface area (Å²) in [6.07, 6.45) is 3.51. The van der Waals surface area contributed by atoms with Gasteiger partial charge in [0, 0.05) is 13.0 Å². The van der Waals surface area contributed by atoms with Crippen LogP contribution in [0.25, 0.3) is 0 Å². The molecule has 0 aromatic rings. The number of unbranched alkanes of at least 4 members (excludes halogenated alkanes) is 1. The van der Waals surface area contributed by atoms with Crippen LogP contribution in [0.2, 0.25) is 0 Å². The SMILES string of the molecule is CCCCOCCC#CC=O. The van der Waals surface area contributed by atoms with E-state index in [4.69, 9.17) is 4.74 Å². The number of carbonyl (C=O) groups is 1. The first-order chi connectivity index (χ1) is 5.41. The van der Waals surface area contributed by atoms with Gasteiger partial charge in [0.25, 0.3) is 0 Å². The summed E-state index contributed by atoms with van der Waals surface area (Å²) in [6.45, 7) is 3.57. The van der Waals surface area contributed by atoms with E-state index >= 15 is 0 Å². The number of hydrogen-bond acceptors (Lipinski definition) is 2. The molecule has 0 saturated heterocycles. The Kier molecular flexibility index (Phi) is 8.51. The maximum atomic E-state index is 9.73. The molecular formula is C9H14O2. The quantitative estimate of drug-likeness (QED) is 0.340. The summed E-state index contributed by atoms with van der Waals surface area (Å²) in [6, 6.07) is 0. The Morgan fingerprint density at radius 1 is 1.45 bits per heavy atom. The lowest BCUT2D eigenvalue weighted by molar-refractivity contribution is -0.103. The molecular weight excluding hydrogens is 140 g/mol. The fraction of sp³-hybridized carbons (Fsp3) is 0.667. The van der Waals surface area contributed by atoms with Gasteiger partial charge in [0.1, 0.15) is 0 Å². The molecule has 0 atom stereocenters. The summed E-state index contributed by atoms with van der Waals surface area (Å²) in [5, 5.41) is 0. The second-order valence-corrected chi connectivity index (χ2v) is 2.15. The van der Waals surface area contributed by atoms with Crippen molar-refractivity contribution in [2.24, 2.45) is 0 Å². The van der Waals surface area contributed by atoms with Gasteiger partial charge in [-0.3, -0.25) is 4.79 Å². The number of aldehydes is 1. The first-order valence-electron chi connectivity index (χ1n) is 3.91. The Hall–Kier alpha value is -0.810. The van der Waals surface area contributed by atoms with E-state index < -0.39 is 0 Å². The van der Waals surface area contributed by atoms with Crippen LogP contribution in [-0.4, -0.2) is 19.5 Å². The number of hydrogen-bond donors (Lipinski definition) is 0. The summed E-state index contributed by atoms with van der Waals surface area (Å²) >= 11 is 0. The largest absolute Gasteiger partial charge is 0.380 e. The third-order valence-corrected chi connectivity index (χ3v) is 1.17. The van der Waals surface area contributed by atoms with Crippen LogP contribution in [0.1, 0.15) is 26.2 Å². The van der Waals surface area contributed by atoms with Crippen LogP contribution in [0, 0.1) is 11.8 Å². The van der Waals surface area contributed by atoms with E-state index in [2.05, 4.69) is 18.8 Å². The first kappa shape index (κ1) is 10.2. The predicted octanol–water partition coefficient (Wildman–Crippen LogP) is 1.40. The Balaban J connectivity index is 2.96. The van der Waals surface area contributed by atoms with Crippen LogP contribution in [0.3, 0.4) is 0 Å². The van der Waals surface area contributed by atoms with Crippen molar-refractivity contribution in [3.05, 3.63) is 0 Å². The van der Waals surface area contributed by atoms with E-state index in [0.717, 1.165) is 19.4 Å². The van der Waals surface area contributed by atoms with Crippen LogP contribution < -0.4 is 0 Å². The normalized spacial score (nSPS) is 8.45. The molecule has 0 fully saturated rings. The lowest BCUT2D eigenvalue weighted by Gasteiger charge is -1.97. The number of carbonyl (C=O) groups excluding carboxylic acids is 1. The van der Waals surface area contributed by atoms with Crippen molar-refractivity contribution in [1.82, 2.24) is 0 Å². The highest BCUT2D eigenvalue weighted by Gasteiger charge is 1.83. The predicted molar refractivity (Wildman–Crippen MR) is 44.2 cm³/mol. The van der Waals surface area contributed by atoms with Crippen molar-refractivity contribution < 1.29 is 9.53 Å². The summed E-state index contributed by atoms with van der Waals surface area (Å²) in [7, 11) is 0. The lowest BCUT2D eigenvalue weighted by atomic mass is 10.4. The van der Waals surface area contributed by atoms with Gasteiger partial charge < -0.3 is 4.74 Å². The van der Waals surface area contributed by atoms with Gasteiger partial charge in [-0.05, 0) is 12.3 Å². The van der Waals surface area contributed by atoms with Gasteiger partial charge in [0.05, 0.1) is 6.61 Å². The van der Waals surface area contributed by atoms with Crippen LogP contribution in [-0.2, 0) is 9.53 Å². The van der Waals surface area contributed by atoms with Crippen molar-refractivity contribution in [1.29, 1.82) is 0 Å². The summed E-state index contributed by atoms with van der Waals surface area (Å²) < 4.78 is 5.20. The van der Waals surface area contributed by atoms with E-state index in [-0.39, 0.29) is 0 Å². The van der Waals surface area contributed by atoms with Crippen molar-refractivity contribution >= 4 is 6.29 Å². The molecule has 0 aromatic heterocycles. The standard InChI is InChI=1S/C9H14O2/c1-2-3-8-11-9-6-4-5-7-10/h7H,2-3,6,8-9H2,1H3. The highest BCUT2D eigenvalue weighted by atomic mass is 16.5. The topological polar surface area (TPSA) is 26.3 Å². The Bertz CT molecular complexity index is 141. The number of rotatable bonds is 5. The zero-order chi connectivity index (χ0) is 8.36.